The van der Waals surface area contributed by atoms with E-state index in [1.165, 1.54) is 0 Å². The fourth-order valence-electron chi connectivity index (χ4n) is 3.75. The monoisotopic (exact) mass is 411 g/mol. The Morgan fingerprint density at radius 3 is 2.66 bits per heavy atom. The third-order valence-corrected chi connectivity index (χ3v) is 6.51. The molecule has 0 saturated heterocycles. The molecule has 2 aliphatic heterocycles. The molecule has 2 amide bonds. The van der Waals surface area contributed by atoms with Gasteiger partial charge in [-0.25, -0.2) is 0 Å². The van der Waals surface area contributed by atoms with Crippen molar-refractivity contribution in [2.24, 2.45) is 0 Å². The molecule has 2 heterocycles. The molecule has 0 bridgehead atoms. The van der Waals surface area contributed by atoms with Crippen molar-refractivity contribution in [2.45, 2.75) is 29.6 Å². The number of benzene rings is 2. The van der Waals surface area contributed by atoms with Gasteiger partial charge in [-0.2, -0.15) is 0 Å². The van der Waals surface area contributed by atoms with Gasteiger partial charge in [0.25, 0.3) is 5.91 Å². The molecule has 2 aromatic carbocycles. The highest BCUT2D eigenvalue weighted by Gasteiger charge is 2.33. The van der Waals surface area contributed by atoms with E-state index in [0.717, 1.165) is 22.7 Å². The summed E-state index contributed by atoms with van der Waals surface area (Å²) < 4.78 is 5.85. The minimum atomic E-state index is -0.644. The van der Waals surface area contributed by atoms with Gasteiger partial charge in [0.1, 0.15) is 5.75 Å². The highest BCUT2D eigenvalue weighted by Crippen LogP contribution is 2.38. The lowest BCUT2D eigenvalue weighted by atomic mass is 10.1. The first-order valence-corrected chi connectivity index (χ1v) is 10.7. The van der Waals surface area contributed by atoms with Gasteiger partial charge in [-0.3, -0.25) is 9.59 Å². The van der Waals surface area contributed by atoms with Crippen LogP contribution in [0.15, 0.2) is 53.4 Å². The Kier molecular flexibility index (Phi) is 5.67. The Hall–Kier alpha value is -2.67. The van der Waals surface area contributed by atoms with Crippen LogP contribution in [-0.2, 0) is 9.59 Å². The van der Waals surface area contributed by atoms with Gasteiger partial charge in [0, 0.05) is 23.7 Å². The molecule has 7 heteroatoms. The first kappa shape index (κ1) is 19.6. The molecule has 0 fully saturated rings. The number of nitrogens with one attached hydrogen (secondary N) is 1. The van der Waals surface area contributed by atoms with E-state index in [-0.39, 0.29) is 18.4 Å². The zero-order valence-corrected chi connectivity index (χ0v) is 17.4. The van der Waals surface area contributed by atoms with Crippen molar-refractivity contribution in [2.75, 3.05) is 36.5 Å². The summed E-state index contributed by atoms with van der Waals surface area (Å²) in [6.07, 6.45) is 0.292. The molecule has 0 aromatic heterocycles. The SMILES string of the molecule is CNC(=O)[C@H]1CN(CC(=O)N2CC[C@H](C)Sc3ccccc32)c2ccccc2O1. The predicted molar refractivity (Wildman–Crippen MR) is 116 cm³/mol. The number of thioether (sulfide) groups is 1. The second-order valence-electron chi connectivity index (χ2n) is 7.30. The molecule has 0 saturated carbocycles. The first-order valence-electron chi connectivity index (χ1n) is 9.85. The lowest BCUT2D eigenvalue weighted by molar-refractivity contribution is -0.127. The molecule has 2 atom stereocenters. The number of likely N-dealkylation sites (N-methyl/N-ethyl adjacent to an activating group) is 1. The van der Waals surface area contributed by atoms with Gasteiger partial charge >= 0.3 is 0 Å². The minimum Gasteiger partial charge on any atom is -0.477 e. The standard InChI is InChI=1S/C22H25N3O3S/c1-15-11-12-25(17-8-4-6-10-20(17)29-15)21(26)14-24-13-19(22(27)23-2)28-18-9-5-3-7-16(18)24/h3-10,15,19H,11-14H2,1-2H3,(H,23,27)/t15-,19+/m0/s1. The van der Waals surface area contributed by atoms with E-state index < -0.39 is 6.10 Å². The van der Waals surface area contributed by atoms with Crippen LogP contribution >= 0.6 is 11.8 Å². The van der Waals surface area contributed by atoms with Crippen LogP contribution < -0.4 is 19.9 Å². The third kappa shape index (κ3) is 4.05. The molecule has 0 unspecified atom stereocenters. The number of rotatable bonds is 3. The van der Waals surface area contributed by atoms with Crippen LogP contribution in [0.1, 0.15) is 13.3 Å². The fourth-order valence-corrected chi connectivity index (χ4v) is 4.86. The van der Waals surface area contributed by atoms with Gasteiger partial charge in [0.05, 0.1) is 24.5 Å². The quantitative estimate of drug-likeness (QED) is 0.842. The van der Waals surface area contributed by atoms with Crippen molar-refractivity contribution in [3.63, 3.8) is 0 Å². The van der Waals surface area contributed by atoms with Crippen molar-refractivity contribution in [1.82, 2.24) is 5.32 Å². The number of fused-ring (bicyclic) bond motifs is 2. The number of ether oxygens (including phenoxy) is 1. The summed E-state index contributed by atoms with van der Waals surface area (Å²) in [6, 6.07) is 15.6. The van der Waals surface area contributed by atoms with Gasteiger partial charge in [0.15, 0.2) is 6.10 Å². The largest absolute Gasteiger partial charge is 0.477 e. The summed E-state index contributed by atoms with van der Waals surface area (Å²) in [4.78, 5) is 30.5. The molecule has 1 N–H and O–H groups in total. The normalized spacial score (nSPS) is 20.8. The van der Waals surface area contributed by atoms with E-state index in [4.69, 9.17) is 4.74 Å². The molecule has 4 rings (SSSR count). The molecule has 2 aliphatic rings. The second kappa shape index (κ2) is 8.37. The number of para-hydroxylation sites is 3. The van der Waals surface area contributed by atoms with Gasteiger partial charge in [-0.05, 0) is 30.7 Å². The maximum absolute atomic E-state index is 13.4. The Morgan fingerprint density at radius 2 is 1.86 bits per heavy atom. The number of hydrogen-bond donors (Lipinski definition) is 1. The second-order valence-corrected chi connectivity index (χ2v) is 8.78. The van der Waals surface area contributed by atoms with Gasteiger partial charge in [-0.1, -0.05) is 31.2 Å². The summed E-state index contributed by atoms with van der Waals surface area (Å²) in [5, 5.41) is 3.09. The average molecular weight is 412 g/mol. The molecule has 152 valence electrons. The molecule has 0 spiro atoms. The summed E-state index contributed by atoms with van der Waals surface area (Å²) >= 11 is 1.82. The zero-order valence-electron chi connectivity index (χ0n) is 16.6. The van der Waals surface area contributed by atoms with E-state index in [1.807, 2.05) is 64.0 Å². The zero-order chi connectivity index (χ0) is 20.4. The van der Waals surface area contributed by atoms with Crippen LogP contribution in [0.25, 0.3) is 0 Å². The van der Waals surface area contributed by atoms with Crippen molar-refractivity contribution in [1.29, 1.82) is 0 Å². The lowest BCUT2D eigenvalue weighted by Crippen LogP contribution is -2.51. The van der Waals surface area contributed by atoms with Crippen LogP contribution in [0.4, 0.5) is 11.4 Å². The summed E-state index contributed by atoms with van der Waals surface area (Å²) in [6.45, 7) is 3.42. The highest BCUT2D eigenvalue weighted by atomic mass is 32.2. The van der Waals surface area contributed by atoms with E-state index in [1.54, 1.807) is 7.05 Å². The Bertz CT molecular complexity index is 920. The van der Waals surface area contributed by atoms with Gasteiger partial charge in [0.2, 0.25) is 5.91 Å². The molecular weight excluding hydrogens is 386 g/mol. The molecule has 2 aromatic rings. The Balaban J connectivity index is 1.60. The van der Waals surface area contributed by atoms with Crippen LogP contribution in [0, 0.1) is 0 Å². The predicted octanol–water partition coefficient (Wildman–Crippen LogP) is 2.92. The summed E-state index contributed by atoms with van der Waals surface area (Å²) in [5.74, 6) is 0.461. The van der Waals surface area contributed by atoms with Gasteiger partial charge in [-0.15, -0.1) is 11.8 Å². The average Bonchev–Trinajstić information content (AvgIpc) is 2.91. The van der Waals surface area contributed by atoms with Crippen molar-refractivity contribution >= 4 is 35.0 Å². The molecular formula is C22H25N3O3S. The Labute approximate surface area is 175 Å². The van der Waals surface area contributed by atoms with Crippen molar-refractivity contribution < 1.29 is 14.3 Å². The Morgan fingerprint density at radius 1 is 1.14 bits per heavy atom. The van der Waals surface area contributed by atoms with Crippen molar-refractivity contribution in [3.8, 4) is 5.75 Å². The van der Waals surface area contributed by atoms with Crippen LogP contribution in [0.3, 0.4) is 0 Å². The van der Waals surface area contributed by atoms with Crippen LogP contribution in [0.5, 0.6) is 5.75 Å². The first-order chi connectivity index (χ1) is 14.1. The summed E-state index contributed by atoms with van der Waals surface area (Å²) in [7, 11) is 1.59. The lowest BCUT2D eigenvalue weighted by Gasteiger charge is -2.36. The number of amides is 2. The third-order valence-electron chi connectivity index (χ3n) is 5.27. The number of carbonyl (C=O) groups excluding carboxylic acids is 2. The maximum Gasteiger partial charge on any atom is 0.262 e. The van der Waals surface area contributed by atoms with E-state index in [2.05, 4.69) is 18.3 Å². The topological polar surface area (TPSA) is 61.9 Å². The minimum absolute atomic E-state index is 0.0273. The number of carbonyl (C=O) groups is 2. The smallest absolute Gasteiger partial charge is 0.262 e. The van der Waals surface area contributed by atoms with Gasteiger partial charge < -0.3 is 19.9 Å². The highest BCUT2D eigenvalue weighted by molar-refractivity contribution is 8.00. The molecule has 0 aliphatic carbocycles. The number of anilines is 2. The van der Waals surface area contributed by atoms with Crippen molar-refractivity contribution in [3.05, 3.63) is 48.5 Å². The molecule has 6 nitrogen and oxygen atoms in total. The van der Waals surface area contributed by atoms with E-state index >= 15 is 0 Å². The molecule has 29 heavy (non-hydrogen) atoms. The summed E-state index contributed by atoms with van der Waals surface area (Å²) in [5.41, 5.74) is 1.81. The van der Waals surface area contributed by atoms with Crippen LogP contribution in [0.2, 0.25) is 0 Å². The van der Waals surface area contributed by atoms with Crippen LogP contribution in [-0.4, -0.2) is 49.9 Å². The number of nitrogens with zero attached hydrogens (tertiary/aromatic N) is 2. The fraction of sp³-hybridized carbons (Fsp3) is 0.364. The van der Waals surface area contributed by atoms with E-state index in [0.29, 0.717) is 24.1 Å². The van der Waals surface area contributed by atoms with E-state index in [9.17, 15) is 9.59 Å². The number of hydrogen-bond acceptors (Lipinski definition) is 5. The molecule has 0 radical (unpaired) electrons. The maximum atomic E-state index is 13.4.